The summed E-state index contributed by atoms with van der Waals surface area (Å²) < 4.78 is 15.5. The maximum absolute atomic E-state index is 11.2. The molecule has 0 aliphatic carbocycles. The third-order valence-electron chi connectivity index (χ3n) is 3.20. The first-order valence-corrected chi connectivity index (χ1v) is 6.87. The van der Waals surface area contributed by atoms with Crippen LogP contribution in [0.4, 0.5) is 4.79 Å². The van der Waals surface area contributed by atoms with Crippen LogP contribution in [0.3, 0.4) is 0 Å². The van der Waals surface area contributed by atoms with Crippen LogP contribution in [0.5, 0.6) is 0 Å². The third-order valence-corrected chi connectivity index (χ3v) is 3.20. The van der Waals surface area contributed by atoms with E-state index >= 15 is 0 Å². The van der Waals surface area contributed by atoms with E-state index in [1.807, 2.05) is 30.3 Å². The van der Waals surface area contributed by atoms with E-state index in [2.05, 4.69) is 0 Å². The summed E-state index contributed by atoms with van der Waals surface area (Å²) in [6, 6.07) is 9.73. The van der Waals surface area contributed by atoms with Gasteiger partial charge in [0.15, 0.2) is 0 Å². The van der Waals surface area contributed by atoms with E-state index in [1.54, 1.807) is 6.92 Å². The molecule has 0 saturated carbocycles. The second kappa shape index (κ2) is 7.26. The van der Waals surface area contributed by atoms with E-state index in [4.69, 9.17) is 14.2 Å². The van der Waals surface area contributed by atoms with E-state index in [-0.39, 0.29) is 25.4 Å². The molecule has 1 fully saturated rings. The molecule has 1 aromatic carbocycles. The molecule has 1 saturated heterocycles. The first-order chi connectivity index (χ1) is 9.69. The number of hydrogen-bond donors (Lipinski definition) is 1. The SMILES string of the molecule is CCOC(=O)OCC1CC(O)CC(c2ccccc2)O1. The highest BCUT2D eigenvalue weighted by atomic mass is 16.7. The average Bonchev–Trinajstić information content (AvgIpc) is 2.46. The van der Waals surface area contributed by atoms with Gasteiger partial charge in [-0.05, 0) is 12.5 Å². The topological polar surface area (TPSA) is 65.0 Å². The Morgan fingerprint density at radius 3 is 2.75 bits per heavy atom. The summed E-state index contributed by atoms with van der Waals surface area (Å²) in [5, 5.41) is 9.93. The first-order valence-electron chi connectivity index (χ1n) is 6.87. The van der Waals surface area contributed by atoms with Gasteiger partial charge < -0.3 is 19.3 Å². The van der Waals surface area contributed by atoms with Gasteiger partial charge in [-0.3, -0.25) is 0 Å². The summed E-state index contributed by atoms with van der Waals surface area (Å²) in [7, 11) is 0. The zero-order valence-electron chi connectivity index (χ0n) is 11.5. The van der Waals surface area contributed by atoms with Crippen molar-refractivity contribution < 1.29 is 24.1 Å². The largest absolute Gasteiger partial charge is 0.508 e. The Balaban J connectivity index is 1.90. The molecule has 0 bridgehead atoms. The summed E-state index contributed by atoms with van der Waals surface area (Å²) in [5.74, 6) is 0. The van der Waals surface area contributed by atoms with E-state index in [1.165, 1.54) is 0 Å². The summed E-state index contributed by atoms with van der Waals surface area (Å²) in [5.41, 5.74) is 1.02. The predicted octanol–water partition coefficient (Wildman–Crippen LogP) is 2.44. The Morgan fingerprint density at radius 1 is 1.30 bits per heavy atom. The lowest BCUT2D eigenvalue weighted by Crippen LogP contribution is -2.35. The van der Waals surface area contributed by atoms with E-state index < -0.39 is 12.3 Å². The molecule has 0 amide bonds. The molecule has 1 aliphatic heterocycles. The molecule has 1 N–H and O–H groups in total. The predicted molar refractivity (Wildman–Crippen MR) is 72.3 cm³/mol. The van der Waals surface area contributed by atoms with Crippen LogP contribution in [0, 0.1) is 0 Å². The van der Waals surface area contributed by atoms with Gasteiger partial charge in [0.05, 0.1) is 24.9 Å². The zero-order valence-corrected chi connectivity index (χ0v) is 11.5. The second-order valence-corrected chi connectivity index (χ2v) is 4.78. The van der Waals surface area contributed by atoms with Gasteiger partial charge >= 0.3 is 6.16 Å². The van der Waals surface area contributed by atoms with E-state index in [0.717, 1.165) is 5.56 Å². The Bertz CT molecular complexity index is 420. The Labute approximate surface area is 118 Å². The third kappa shape index (κ3) is 4.21. The number of ether oxygens (including phenoxy) is 3. The van der Waals surface area contributed by atoms with Gasteiger partial charge in [0, 0.05) is 12.8 Å². The van der Waals surface area contributed by atoms with Gasteiger partial charge in [-0.2, -0.15) is 0 Å². The highest BCUT2D eigenvalue weighted by molar-refractivity contribution is 5.59. The molecule has 0 radical (unpaired) electrons. The highest BCUT2D eigenvalue weighted by Crippen LogP contribution is 2.31. The van der Waals surface area contributed by atoms with Crippen molar-refractivity contribution in [3.8, 4) is 0 Å². The number of carbonyl (C=O) groups is 1. The molecule has 20 heavy (non-hydrogen) atoms. The van der Waals surface area contributed by atoms with E-state index in [9.17, 15) is 9.90 Å². The van der Waals surface area contributed by atoms with Crippen LogP contribution in [0.2, 0.25) is 0 Å². The number of carbonyl (C=O) groups excluding carboxylic acids is 1. The van der Waals surface area contributed by atoms with Crippen LogP contribution in [-0.4, -0.2) is 36.7 Å². The molecule has 5 heteroatoms. The molecule has 1 heterocycles. The minimum Gasteiger partial charge on any atom is -0.435 e. The van der Waals surface area contributed by atoms with Gasteiger partial charge in [0.2, 0.25) is 0 Å². The van der Waals surface area contributed by atoms with Crippen molar-refractivity contribution in [2.75, 3.05) is 13.2 Å². The maximum Gasteiger partial charge on any atom is 0.508 e. The van der Waals surface area contributed by atoms with Crippen molar-refractivity contribution in [2.24, 2.45) is 0 Å². The average molecular weight is 280 g/mol. The molecular formula is C15H20O5. The monoisotopic (exact) mass is 280 g/mol. The van der Waals surface area contributed by atoms with Gasteiger partial charge in [0.25, 0.3) is 0 Å². The van der Waals surface area contributed by atoms with Gasteiger partial charge in [-0.1, -0.05) is 30.3 Å². The fourth-order valence-electron chi connectivity index (χ4n) is 2.30. The Morgan fingerprint density at radius 2 is 2.05 bits per heavy atom. The first kappa shape index (κ1) is 14.8. The molecule has 3 unspecified atom stereocenters. The molecule has 2 rings (SSSR count). The van der Waals surface area contributed by atoms with Crippen molar-refractivity contribution in [1.82, 2.24) is 0 Å². The standard InChI is InChI=1S/C15H20O5/c1-2-18-15(17)19-10-13-8-12(16)9-14(20-13)11-6-4-3-5-7-11/h3-7,12-14,16H,2,8-10H2,1H3. The molecule has 0 aromatic heterocycles. The van der Waals surface area contributed by atoms with Gasteiger partial charge in [-0.25, -0.2) is 4.79 Å². The maximum atomic E-state index is 11.2. The lowest BCUT2D eigenvalue weighted by molar-refractivity contribution is -0.118. The minimum atomic E-state index is -0.701. The van der Waals surface area contributed by atoms with E-state index in [0.29, 0.717) is 12.8 Å². The summed E-state index contributed by atoms with van der Waals surface area (Å²) in [6.07, 6.45) is -0.621. The van der Waals surface area contributed by atoms with Crippen LogP contribution < -0.4 is 0 Å². The molecule has 3 atom stereocenters. The fourth-order valence-corrected chi connectivity index (χ4v) is 2.30. The number of hydrogen-bond acceptors (Lipinski definition) is 5. The minimum absolute atomic E-state index is 0.0965. The molecule has 110 valence electrons. The number of rotatable bonds is 4. The molecule has 5 nitrogen and oxygen atoms in total. The van der Waals surface area contributed by atoms with Crippen LogP contribution in [0.1, 0.15) is 31.4 Å². The summed E-state index contributed by atoms with van der Waals surface area (Å²) >= 11 is 0. The second-order valence-electron chi connectivity index (χ2n) is 4.78. The van der Waals surface area contributed by atoms with Crippen molar-refractivity contribution in [3.63, 3.8) is 0 Å². The van der Waals surface area contributed by atoms with Gasteiger partial charge in [0.1, 0.15) is 6.61 Å². The smallest absolute Gasteiger partial charge is 0.435 e. The Kier molecular flexibility index (Phi) is 5.38. The number of aliphatic hydroxyl groups excluding tert-OH is 1. The lowest BCUT2D eigenvalue weighted by atomic mass is 9.96. The summed E-state index contributed by atoms with van der Waals surface area (Å²) in [6.45, 7) is 2.09. The van der Waals surface area contributed by atoms with Crippen LogP contribution in [0.15, 0.2) is 30.3 Å². The normalized spacial score (nSPS) is 26.0. The quantitative estimate of drug-likeness (QED) is 0.858. The van der Waals surface area contributed by atoms with Crippen molar-refractivity contribution in [3.05, 3.63) is 35.9 Å². The molecular weight excluding hydrogens is 260 g/mol. The van der Waals surface area contributed by atoms with Crippen molar-refractivity contribution in [1.29, 1.82) is 0 Å². The van der Waals surface area contributed by atoms with Crippen LogP contribution >= 0.6 is 0 Å². The van der Waals surface area contributed by atoms with Crippen molar-refractivity contribution in [2.45, 2.75) is 38.1 Å². The molecule has 1 aliphatic rings. The fraction of sp³-hybridized carbons (Fsp3) is 0.533. The van der Waals surface area contributed by atoms with Crippen LogP contribution in [-0.2, 0) is 14.2 Å². The number of aliphatic hydroxyl groups is 1. The van der Waals surface area contributed by atoms with Crippen LogP contribution in [0.25, 0.3) is 0 Å². The molecule has 0 spiro atoms. The van der Waals surface area contributed by atoms with Crippen molar-refractivity contribution >= 4 is 6.16 Å². The number of benzene rings is 1. The summed E-state index contributed by atoms with van der Waals surface area (Å²) in [4.78, 5) is 11.2. The highest BCUT2D eigenvalue weighted by Gasteiger charge is 2.30. The van der Waals surface area contributed by atoms with Gasteiger partial charge in [-0.15, -0.1) is 0 Å². The molecule has 1 aromatic rings. The lowest BCUT2D eigenvalue weighted by Gasteiger charge is -2.33. The zero-order chi connectivity index (χ0) is 14.4. The Hall–Kier alpha value is -1.59.